The summed E-state index contributed by atoms with van der Waals surface area (Å²) >= 11 is 0. The molecule has 0 saturated heterocycles. The largest absolute Gasteiger partial charge is 0.481 e. The van der Waals surface area contributed by atoms with E-state index in [4.69, 9.17) is 4.74 Å². The molecule has 194 valence electrons. The number of rotatable bonds is 8. The van der Waals surface area contributed by atoms with Gasteiger partial charge in [-0.25, -0.2) is 9.48 Å². The number of hydrogen-bond acceptors (Lipinski definition) is 4. The van der Waals surface area contributed by atoms with Crippen molar-refractivity contribution in [2.24, 2.45) is 0 Å². The van der Waals surface area contributed by atoms with E-state index in [1.165, 1.54) is 0 Å². The summed E-state index contributed by atoms with van der Waals surface area (Å²) in [5, 5.41) is 17.0. The molecule has 1 amide bonds. The highest BCUT2D eigenvalue weighted by Crippen LogP contribution is 2.48. The molecule has 1 heterocycles. The van der Waals surface area contributed by atoms with E-state index in [0.29, 0.717) is 18.7 Å². The number of hydrogen-bond donors (Lipinski definition) is 2. The number of nitrogens with one attached hydrogen (secondary N) is 1. The number of anilines is 1. The van der Waals surface area contributed by atoms with Gasteiger partial charge in [-0.05, 0) is 61.4 Å². The fourth-order valence-electron chi connectivity index (χ4n) is 4.74. The lowest BCUT2D eigenvalue weighted by Gasteiger charge is -2.17. The zero-order valence-electron chi connectivity index (χ0n) is 21.7. The number of aliphatic carboxylic acids is 1. The van der Waals surface area contributed by atoms with Crippen molar-refractivity contribution in [3.05, 3.63) is 96.2 Å². The average molecular weight is 510 g/mol. The second-order valence-electron chi connectivity index (χ2n) is 10.1. The van der Waals surface area contributed by atoms with E-state index >= 15 is 0 Å². The number of nitrogens with zero attached hydrogens (tertiary/aromatic N) is 2. The van der Waals surface area contributed by atoms with Crippen LogP contribution in [-0.2, 0) is 14.9 Å². The molecule has 7 heteroatoms. The molecular weight excluding hydrogens is 478 g/mol. The molecule has 1 aromatic heterocycles. The van der Waals surface area contributed by atoms with Crippen molar-refractivity contribution >= 4 is 17.9 Å². The second-order valence-corrected chi connectivity index (χ2v) is 10.1. The van der Waals surface area contributed by atoms with Gasteiger partial charge in [0, 0.05) is 11.6 Å². The molecule has 1 fully saturated rings. The molecule has 2 N–H and O–H groups in total. The van der Waals surface area contributed by atoms with Crippen LogP contribution in [-0.4, -0.2) is 26.9 Å². The second kappa shape index (κ2) is 10.2. The summed E-state index contributed by atoms with van der Waals surface area (Å²) < 4.78 is 7.41. The monoisotopic (exact) mass is 509 g/mol. The molecule has 0 aliphatic heterocycles. The molecule has 4 aromatic rings. The predicted molar refractivity (Wildman–Crippen MR) is 147 cm³/mol. The lowest BCUT2D eigenvalue weighted by atomic mass is 9.93. The Kier molecular flexibility index (Phi) is 6.76. The van der Waals surface area contributed by atoms with Crippen molar-refractivity contribution < 1.29 is 19.4 Å². The molecule has 1 saturated carbocycles. The maximum Gasteiger partial charge on any atom is 0.413 e. The first-order valence-corrected chi connectivity index (χ1v) is 12.8. The van der Waals surface area contributed by atoms with E-state index in [1.807, 2.05) is 99.6 Å². The summed E-state index contributed by atoms with van der Waals surface area (Å²) in [5.41, 5.74) is 4.80. The van der Waals surface area contributed by atoms with Crippen LogP contribution >= 0.6 is 0 Å². The standard InChI is InChI=1S/C31H31N3O4/c1-20(2)34-28(33-30(37)38-21(3)22-7-5-4-6-8-22)27(19-32-34)25-11-9-23(10-12-25)24-13-15-26(16-14-24)31(17-18-31)29(35)36/h4-16,19-21H,17-18H2,1-3H3,(H,33,37)(H,35,36)/t21-/m1/s1. The molecule has 1 aliphatic carbocycles. The molecule has 3 aromatic carbocycles. The lowest BCUT2D eigenvalue weighted by molar-refractivity contribution is -0.140. The lowest BCUT2D eigenvalue weighted by Crippen LogP contribution is -2.19. The van der Waals surface area contributed by atoms with Crippen molar-refractivity contribution in [2.45, 2.75) is 51.2 Å². The Morgan fingerprint density at radius 1 is 0.895 bits per heavy atom. The van der Waals surface area contributed by atoms with Gasteiger partial charge in [-0.2, -0.15) is 5.10 Å². The number of aromatic nitrogens is 2. The minimum absolute atomic E-state index is 0.0314. The molecular formula is C31H31N3O4. The zero-order chi connectivity index (χ0) is 26.9. The third-order valence-electron chi connectivity index (χ3n) is 7.18. The van der Waals surface area contributed by atoms with E-state index in [1.54, 1.807) is 10.9 Å². The summed E-state index contributed by atoms with van der Waals surface area (Å²) in [4.78, 5) is 24.5. The highest BCUT2D eigenvalue weighted by molar-refractivity contribution is 5.90. The molecule has 38 heavy (non-hydrogen) atoms. The molecule has 7 nitrogen and oxygen atoms in total. The summed E-state index contributed by atoms with van der Waals surface area (Å²) in [6.45, 7) is 5.85. The van der Waals surface area contributed by atoms with E-state index in [0.717, 1.165) is 33.4 Å². The Labute approximate surface area is 222 Å². The van der Waals surface area contributed by atoms with Gasteiger partial charge in [0.25, 0.3) is 0 Å². The molecule has 5 rings (SSSR count). The molecule has 0 spiro atoms. The summed E-state index contributed by atoms with van der Waals surface area (Å²) in [6.07, 6.45) is 2.19. The third kappa shape index (κ3) is 4.92. The number of carboxylic acid groups (broad SMARTS) is 1. The van der Waals surface area contributed by atoms with Gasteiger partial charge >= 0.3 is 12.1 Å². The zero-order valence-corrected chi connectivity index (χ0v) is 21.7. The van der Waals surface area contributed by atoms with E-state index in [-0.39, 0.29) is 6.04 Å². The van der Waals surface area contributed by atoms with Crippen LogP contribution in [0.4, 0.5) is 10.6 Å². The molecule has 1 atom stereocenters. The van der Waals surface area contributed by atoms with Gasteiger partial charge in [-0.3, -0.25) is 10.1 Å². The number of benzene rings is 3. The third-order valence-corrected chi connectivity index (χ3v) is 7.18. The van der Waals surface area contributed by atoms with Crippen molar-refractivity contribution in [1.82, 2.24) is 9.78 Å². The highest BCUT2D eigenvalue weighted by Gasteiger charge is 2.51. The van der Waals surface area contributed by atoms with E-state index < -0.39 is 23.6 Å². The Balaban J connectivity index is 1.35. The van der Waals surface area contributed by atoms with Crippen molar-refractivity contribution in [3.63, 3.8) is 0 Å². The number of carbonyl (C=O) groups is 2. The normalized spacial score (nSPS) is 14.6. The maximum atomic E-state index is 12.8. The van der Waals surface area contributed by atoms with E-state index in [9.17, 15) is 14.7 Å². The maximum absolute atomic E-state index is 12.8. The van der Waals surface area contributed by atoms with Crippen molar-refractivity contribution in [2.75, 3.05) is 5.32 Å². The highest BCUT2D eigenvalue weighted by atomic mass is 16.6. The number of amides is 1. The topological polar surface area (TPSA) is 93.5 Å². The number of ether oxygens (including phenoxy) is 1. The Morgan fingerprint density at radius 2 is 1.47 bits per heavy atom. The fourth-order valence-corrected chi connectivity index (χ4v) is 4.74. The summed E-state index contributed by atoms with van der Waals surface area (Å²) in [7, 11) is 0. The molecule has 0 radical (unpaired) electrons. The van der Waals surface area contributed by atoms with Crippen LogP contribution in [0.15, 0.2) is 85.1 Å². The average Bonchev–Trinajstić information content (AvgIpc) is 3.64. The van der Waals surface area contributed by atoms with Gasteiger partial charge in [-0.1, -0.05) is 78.9 Å². The van der Waals surface area contributed by atoms with E-state index in [2.05, 4.69) is 10.4 Å². The first kappa shape index (κ1) is 25.3. The number of carbonyl (C=O) groups excluding carboxylic acids is 1. The van der Waals surface area contributed by atoms with Crippen LogP contribution in [0.25, 0.3) is 22.3 Å². The first-order valence-electron chi connectivity index (χ1n) is 12.8. The van der Waals surface area contributed by atoms with Gasteiger partial charge in [0.2, 0.25) is 0 Å². The molecule has 0 bridgehead atoms. The van der Waals surface area contributed by atoms with Gasteiger partial charge in [0.15, 0.2) is 0 Å². The SMILES string of the molecule is CC(C)n1ncc(-c2ccc(-c3ccc(C4(C(=O)O)CC4)cc3)cc2)c1NC(=O)O[C@H](C)c1ccccc1. The smallest absolute Gasteiger partial charge is 0.413 e. The van der Waals surface area contributed by atoms with Gasteiger partial charge < -0.3 is 9.84 Å². The van der Waals surface area contributed by atoms with Crippen LogP contribution < -0.4 is 5.32 Å². The van der Waals surface area contributed by atoms with Crippen LogP contribution in [0, 0.1) is 0 Å². The minimum Gasteiger partial charge on any atom is -0.481 e. The summed E-state index contributed by atoms with van der Waals surface area (Å²) in [5.74, 6) is -0.176. The van der Waals surface area contributed by atoms with Crippen LogP contribution in [0.3, 0.4) is 0 Å². The number of carboxylic acids is 1. The predicted octanol–water partition coefficient (Wildman–Crippen LogP) is 7.22. The van der Waals surface area contributed by atoms with Gasteiger partial charge in [0.05, 0.1) is 11.6 Å². The Morgan fingerprint density at radius 3 is 2.03 bits per heavy atom. The quantitative estimate of drug-likeness (QED) is 0.261. The van der Waals surface area contributed by atoms with Gasteiger partial charge in [-0.15, -0.1) is 0 Å². The Bertz CT molecular complexity index is 1440. The van der Waals surface area contributed by atoms with Crippen molar-refractivity contribution in [3.8, 4) is 22.3 Å². The van der Waals surface area contributed by atoms with Crippen LogP contribution in [0.2, 0.25) is 0 Å². The Hall–Kier alpha value is -4.39. The fraction of sp³-hybridized carbons (Fsp3) is 0.258. The first-order chi connectivity index (χ1) is 18.3. The molecule has 0 unspecified atom stereocenters. The summed E-state index contributed by atoms with van der Waals surface area (Å²) in [6, 6.07) is 25.4. The van der Waals surface area contributed by atoms with Crippen LogP contribution in [0.1, 0.15) is 56.9 Å². The molecule has 1 aliphatic rings. The van der Waals surface area contributed by atoms with Crippen LogP contribution in [0.5, 0.6) is 0 Å². The van der Waals surface area contributed by atoms with Crippen molar-refractivity contribution in [1.29, 1.82) is 0 Å². The van der Waals surface area contributed by atoms with Gasteiger partial charge in [0.1, 0.15) is 11.9 Å². The minimum atomic E-state index is -0.751.